The highest BCUT2D eigenvalue weighted by Gasteiger charge is 2.50. The summed E-state index contributed by atoms with van der Waals surface area (Å²) in [4.78, 5) is 27.7. The maximum atomic E-state index is 13.3. The molecule has 1 heterocycles. The minimum atomic E-state index is -1.92. The number of nitrogens with zero attached hydrogens (tertiary/aromatic N) is 1. The number of carbonyl (C=O) groups excluding carboxylic acids is 2. The monoisotopic (exact) mass is 431 g/mol. The largest absolute Gasteiger partial charge is 0.497 e. The van der Waals surface area contributed by atoms with Gasteiger partial charge in [-0.3, -0.25) is 9.59 Å². The number of benzene rings is 3. The molecule has 0 saturated carbocycles. The SMILES string of the molecule is COc1ccc(C(=O)CC2(O)C(=O)N(CCOc3ccc(C)cc3)c3ccccc32)cc1. The summed E-state index contributed by atoms with van der Waals surface area (Å²) in [6, 6.07) is 21.3. The summed E-state index contributed by atoms with van der Waals surface area (Å²) in [7, 11) is 1.55. The number of rotatable bonds is 8. The van der Waals surface area contributed by atoms with E-state index >= 15 is 0 Å². The van der Waals surface area contributed by atoms with Gasteiger partial charge in [0.2, 0.25) is 0 Å². The molecule has 1 aliphatic heterocycles. The summed E-state index contributed by atoms with van der Waals surface area (Å²) in [6.07, 6.45) is -0.343. The van der Waals surface area contributed by atoms with Gasteiger partial charge in [-0.15, -0.1) is 0 Å². The van der Waals surface area contributed by atoms with E-state index in [2.05, 4.69) is 0 Å². The topological polar surface area (TPSA) is 76.1 Å². The number of anilines is 1. The summed E-state index contributed by atoms with van der Waals surface area (Å²) >= 11 is 0. The molecule has 1 N–H and O–H groups in total. The van der Waals surface area contributed by atoms with Crippen LogP contribution in [-0.4, -0.2) is 37.1 Å². The zero-order chi connectivity index (χ0) is 22.7. The molecule has 1 unspecified atom stereocenters. The van der Waals surface area contributed by atoms with Crippen LogP contribution in [0.2, 0.25) is 0 Å². The molecule has 1 aliphatic rings. The quantitative estimate of drug-likeness (QED) is 0.548. The number of hydrogen-bond donors (Lipinski definition) is 1. The number of aryl methyl sites for hydroxylation is 1. The Balaban J connectivity index is 1.51. The van der Waals surface area contributed by atoms with E-state index in [1.165, 1.54) is 4.90 Å². The molecule has 0 bridgehead atoms. The number of methoxy groups -OCH3 is 1. The number of ether oxygens (including phenoxy) is 2. The summed E-state index contributed by atoms with van der Waals surface area (Å²) in [5, 5.41) is 11.4. The van der Waals surface area contributed by atoms with Crippen LogP contribution in [0.5, 0.6) is 11.5 Å². The van der Waals surface area contributed by atoms with E-state index in [9.17, 15) is 14.7 Å². The number of aliphatic hydroxyl groups is 1. The van der Waals surface area contributed by atoms with Gasteiger partial charge in [-0.25, -0.2) is 0 Å². The lowest BCUT2D eigenvalue weighted by Crippen LogP contribution is -2.43. The molecule has 1 atom stereocenters. The zero-order valence-corrected chi connectivity index (χ0v) is 18.1. The van der Waals surface area contributed by atoms with Gasteiger partial charge in [0.05, 0.1) is 25.8 Å². The smallest absolute Gasteiger partial charge is 0.264 e. The molecule has 0 fully saturated rings. The maximum Gasteiger partial charge on any atom is 0.264 e. The van der Waals surface area contributed by atoms with Crippen LogP contribution in [-0.2, 0) is 10.4 Å². The van der Waals surface area contributed by atoms with Crippen LogP contribution in [0, 0.1) is 6.92 Å². The van der Waals surface area contributed by atoms with E-state index in [0.29, 0.717) is 28.3 Å². The van der Waals surface area contributed by atoms with Crippen molar-refractivity contribution in [3.8, 4) is 11.5 Å². The van der Waals surface area contributed by atoms with Gasteiger partial charge in [-0.2, -0.15) is 0 Å². The van der Waals surface area contributed by atoms with Gasteiger partial charge in [0.15, 0.2) is 11.4 Å². The normalized spacial score (nSPS) is 17.2. The lowest BCUT2D eigenvalue weighted by atomic mass is 9.88. The highest BCUT2D eigenvalue weighted by Crippen LogP contribution is 2.42. The first-order valence-corrected chi connectivity index (χ1v) is 10.4. The van der Waals surface area contributed by atoms with Crippen LogP contribution in [0.1, 0.15) is 27.9 Å². The molecule has 6 heteroatoms. The van der Waals surface area contributed by atoms with Crippen molar-refractivity contribution in [3.05, 3.63) is 89.5 Å². The molecular weight excluding hydrogens is 406 g/mol. The van der Waals surface area contributed by atoms with Crippen molar-refractivity contribution < 1.29 is 24.2 Å². The number of hydrogen-bond acceptors (Lipinski definition) is 5. The van der Waals surface area contributed by atoms with E-state index in [-0.39, 0.29) is 25.4 Å². The Hall–Kier alpha value is -3.64. The van der Waals surface area contributed by atoms with Gasteiger partial charge in [-0.1, -0.05) is 35.9 Å². The first-order valence-electron chi connectivity index (χ1n) is 10.4. The molecule has 32 heavy (non-hydrogen) atoms. The number of Topliss-reactive ketones (excluding diaryl/α,β-unsaturated/α-hetero) is 1. The minimum Gasteiger partial charge on any atom is -0.497 e. The second-order valence-corrected chi connectivity index (χ2v) is 7.82. The number of carbonyl (C=O) groups is 2. The average Bonchev–Trinajstić information content (AvgIpc) is 3.02. The van der Waals surface area contributed by atoms with Crippen molar-refractivity contribution in [2.75, 3.05) is 25.2 Å². The second-order valence-electron chi connectivity index (χ2n) is 7.82. The third-order valence-electron chi connectivity index (χ3n) is 5.67. The molecule has 3 aromatic rings. The fourth-order valence-electron chi connectivity index (χ4n) is 3.90. The van der Waals surface area contributed by atoms with Crippen molar-refractivity contribution in [1.29, 1.82) is 0 Å². The fraction of sp³-hybridized carbons (Fsp3) is 0.231. The standard InChI is InChI=1S/C26H25NO5/c1-18-7-11-21(12-8-18)32-16-15-27-23-6-4-3-5-22(23)26(30,25(27)29)17-24(28)19-9-13-20(31-2)14-10-19/h3-14,30H,15-17H2,1-2H3. The van der Waals surface area contributed by atoms with Crippen molar-refractivity contribution in [2.45, 2.75) is 18.9 Å². The summed E-state index contributed by atoms with van der Waals surface area (Å²) in [5.41, 5.74) is 0.646. The second kappa shape index (κ2) is 8.85. The lowest BCUT2D eigenvalue weighted by Gasteiger charge is -2.23. The highest BCUT2D eigenvalue weighted by atomic mass is 16.5. The minimum absolute atomic E-state index is 0.253. The molecule has 164 valence electrons. The molecule has 0 aliphatic carbocycles. The van der Waals surface area contributed by atoms with Crippen LogP contribution in [0.25, 0.3) is 0 Å². The zero-order valence-electron chi connectivity index (χ0n) is 18.1. The van der Waals surface area contributed by atoms with E-state index < -0.39 is 11.5 Å². The van der Waals surface area contributed by atoms with E-state index in [0.717, 1.165) is 5.56 Å². The molecule has 6 nitrogen and oxygen atoms in total. The Kier molecular flexibility index (Phi) is 5.97. The molecule has 0 spiro atoms. The van der Waals surface area contributed by atoms with Crippen LogP contribution in [0.4, 0.5) is 5.69 Å². The van der Waals surface area contributed by atoms with Crippen molar-refractivity contribution in [1.82, 2.24) is 0 Å². The van der Waals surface area contributed by atoms with Gasteiger partial charge in [0.25, 0.3) is 5.91 Å². The Morgan fingerprint density at radius 1 is 0.969 bits per heavy atom. The number of fused-ring (bicyclic) bond motifs is 1. The van der Waals surface area contributed by atoms with Gasteiger partial charge in [0.1, 0.15) is 18.1 Å². The summed E-state index contributed by atoms with van der Waals surface area (Å²) in [6.45, 7) is 2.51. The van der Waals surface area contributed by atoms with Gasteiger partial charge in [-0.05, 0) is 49.4 Å². The molecule has 0 aromatic heterocycles. The molecule has 4 rings (SSSR count). The Morgan fingerprint density at radius 3 is 2.31 bits per heavy atom. The predicted molar refractivity (Wildman–Crippen MR) is 121 cm³/mol. The van der Waals surface area contributed by atoms with E-state index in [4.69, 9.17) is 9.47 Å². The summed E-state index contributed by atoms with van der Waals surface area (Å²) < 4.78 is 10.9. The highest BCUT2D eigenvalue weighted by molar-refractivity contribution is 6.10. The molecular formula is C26H25NO5. The first-order chi connectivity index (χ1) is 15.4. The fourth-order valence-corrected chi connectivity index (χ4v) is 3.90. The lowest BCUT2D eigenvalue weighted by molar-refractivity contribution is -0.135. The van der Waals surface area contributed by atoms with Crippen molar-refractivity contribution >= 4 is 17.4 Å². The van der Waals surface area contributed by atoms with Crippen molar-refractivity contribution in [2.24, 2.45) is 0 Å². The molecule has 0 saturated heterocycles. The van der Waals surface area contributed by atoms with E-state index in [1.54, 1.807) is 55.6 Å². The van der Waals surface area contributed by atoms with Gasteiger partial charge in [0, 0.05) is 11.1 Å². The van der Waals surface area contributed by atoms with Crippen LogP contribution in [0.15, 0.2) is 72.8 Å². The van der Waals surface area contributed by atoms with Crippen molar-refractivity contribution in [3.63, 3.8) is 0 Å². The van der Waals surface area contributed by atoms with Crippen LogP contribution in [0.3, 0.4) is 0 Å². The molecule has 0 radical (unpaired) electrons. The number of ketones is 1. The van der Waals surface area contributed by atoms with Gasteiger partial charge < -0.3 is 19.5 Å². The summed E-state index contributed by atoms with van der Waals surface area (Å²) in [5.74, 6) is 0.493. The average molecular weight is 431 g/mol. The Labute approximate surface area is 187 Å². The Bertz CT molecular complexity index is 1120. The van der Waals surface area contributed by atoms with Crippen LogP contribution < -0.4 is 14.4 Å². The Morgan fingerprint density at radius 2 is 1.62 bits per heavy atom. The third kappa shape index (κ3) is 4.09. The predicted octanol–water partition coefficient (Wildman–Crippen LogP) is 3.89. The molecule has 1 amide bonds. The first kappa shape index (κ1) is 21.6. The van der Waals surface area contributed by atoms with E-state index in [1.807, 2.05) is 31.2 Å². The number of amides is 1. The van der Waals surface area contributed by atoms with Gasteiger partial charge >= 0.3 is 0 Å². The van der Waals surface area contributed by atoms with Crippen LogP contribution >= 0.6 is 0 Å². The molecule has 3 aromatic carbocycles. The maximum absolute atomic E-state index is 13.3. The third-order valence-corrected chi connectivity index (χ3v) is 5.67. The number of para-hydroxylation sites is 1.